The van der Waals surface area contributed by atoms with E-state index in [9.17, 15) is 10.1 Å². The molecule has 2 rings (SSSR count). The van der Waals surface area contributed by atoms with Crippen LogP contribution in [-0.2, 0) is 6.42 Å². The molecule has 0 amide bonds. The molecule has 0 saturated heterocycles. The number of aryl methyl sites for hydroxylation is 1. The number of nitrogens with one attached hydrogen (secondary N) is 2. The summed E-state index contributed by atoms with van der Waals surface area (Å²) in [4.78, 5) is 14.4. The number of guanidine groups is 1. The summed E-state index contributed by atoms with van der Waals surface area (Å²) in [6.45, 7) is 1.90. The normalized spacial score (nSPS) is 14.7. The lowest BCUT2D eigenvalue weighted by Gasteiger charge is -2.11. The van der Waals surface area contributed by atoms with Gasteiger partial charge in [-0.05, 0) is 43.6 Å². The largest absolute Gasteiger partial charge is 0.356 e. The minimum atomic E-state index is -0.367. The molecule has 0 unspecified atom stereocenters. The highest BCUT2D eigenvalue weighted by Gasteiger charge is 2.20. The quantitative estimate of drug-likeness (QED) is 0.254. The van der Waals surface area contributed by atoms with Gasteiger partial charge in [-0.1, -0.05) is 12.1 Å². The smallest absolute Gasteiger partial charge is 0.269 e. The van der Waals surface area contributed by atoms with Crippen LogP contribution in [0.15, 0.2) is 29.3 Å². The lowest BCUT2D eigenvalue weighted by molar-refractivity contribution is -0.384. The molecule has 6 nitrogen and oxygen atoms in total. The number of hydrogen-bond acceptors (Lipinski definition) is 3. The highest BCUT2D eigenvalue weighted by atomic mass is 16.6. The first-order chi connectivity index (χ1) is 10.7. The Morgan fingerprint density at radius 3 is 2.59 bits per heavy atom. The molecule has 0 bridgehead atoms. The van der Waals surface area contributed by atoms with Crippen molar-refractivity contribution in [2.24, 2.45) is 10.9 Å². The molecule has 0 aromatic heterocycles. The van der Waals surface area contributed by atoms with Crippen LogP contribution in [0.3, 0.4) is 0 Å². The first-order valence-electron chi connectivity index (χ1n) is 7.87. The maximum atomic E-state index is 10.6. The molecule has 1 aliphatic carbocycles. The van der Waals surface area contributed by atoms with Crippen LogP contribution in [0.2, 0.25) is 0 Å². The van der Waals surface area contributed by atoms with E-state index in [0.29, 0.717) is 0 Å². The van der Waals surface area contributed by atoms with Gasteiger partial charge in [-0.15, -0.1) is 0 Å². The summed E-state index contributed by atoms with van der Waals surface area (Å²) < 4.78 is 0. The van der Waals surface area contributed by atoms with Crippen molar-refractivity contribution >= 4 is 11.6 Å². The standard InChI is InChI=1S/C16H24N4O2/c1-17-16(19-12-14-5-6-14)18-11-3-2-4-13-7-9-15(10-8-13)20(21)22/h7-10,14H,2-6,11-12H2,1H3,(H2,17,18,19). The van der Waals surface area contributed by atoms with E-state index in [-0.39, 0.29) is 10.6 Å². The summed E-state index contributed by atoms with van der Waals surface area (Å²) in [6, 6.07) is 6.80. The Morgan fingerprint density at radius 1 is 1.27 bits per heavy atom. The topological polar surface area (TPSA) is 79.6 Å². The van der Waals surface area contributed by atoms with Gasteiger partial charge in [0.1, 0.15) is 0 Å². The Bertz CT molecular complexity index is 509. The first kappa shape index (κ1) is 16.3. The molecule has 0 heterocycles. The van der Waals surface area contributed by atoms with Crippen LogP contribution in [0.25, 0.3) is 0 Å². The minimum absolute atomic E-state index is 0.149. The average molecular weight is 304 g/mol. The van der Waals surface area contributed by atoms with E-state index < -0.39 is 0 Å². The van der Waals surface area contributed by atoms with Crippen LogP contribution in [0, 0.1) is 16.0 Å². The fourth-order valence-electron chi connectivity index (χ4n) is 2.23. The molecule has 1 aromatic rings. The van der Waals surface area contributed by atoms with Gasteiger partial charge < -0.3 is 10.6 Å². The molecule has 0 radical (unpaired) electrons. The van der Waals surface area contributed by atoms with E-state index >= 15 is 0 Å². The number of nitrogens with zero attached hydrogens (tertiary/aromatic N) is 2. The SMILES string of the molecule is CN=C(NCCCCc1ccc([N+](=O)[O-])cc1)NCC1CC1. The number of non-ortho nitro benzene ring substituents is 1. The second-order valence-corrected chi connectivity index (χ2v) is 5.70. The second kappa shape index (κ2) is 8.36. The van der Waals surface area contributed by atoms with E-state index in [1.54, 1.807) is 19.2 Å². The summed E-state index contributed by atoms with van der Waals surface area (Å²) in [7, 11) is 1.79. The van der Waals surface area contributed by atoms with Crippen LogP contribution in [0.5, 0.6) is 0 Å². The molecule has 0 spiro atoms. The predicted octanol–water partition coefficient (Wildman–Crippen LogP) is 2.49. The zero-order valence-electron chi connectivity index (χ0n) is 13.0. The van der Waals surface area contributed by atoms with Gasteiger partial charge in [-0.2, -0.15) is 0 Å². The molecular formula is C16H24N4O2. The fourth-order valence-corrected chi connectivity index (χ4v) is 2.23. The van der Waals surface area contributed by atoms with Gasteiger partial charge in [0.15, 0.2) is 5.96 Å². The third-order valence-electron chi connectivity index (χ3n) is 3.81. The second-order valence-electron chi connectivity index (χ2n) is 5.70. The lowest BCUT2D eigenvalue weighted by atomic mass is 10.1. The van der Waals surface area contributed by atoms with Gasteiger partial charge in [0, 0.05) is 32.3 Å². The number of unbranched alkanes of at least 4 members (excludes halogenated alkanes) is 1. The molecular weight excluding hydrogens is 280 g/mol. The number of nitro benzene ring substituents is 1. The summed E-state index contributed by atoms with van der Waals surface area (Å²) in [5.41, 5.74) is 1.29. The van der Waals surface area contributed by atoms with E-state index in [0.717, 1.165) is 49.8 Å². The molecule has 1 saturated carbocycles. The molecule has 1 aromatic carbocycles. The van der Waals surface area contributed by atoms with Crippen molar-refractivity contribution in [3.63, 3.8) is 0 Å². The lowest BCUT2D eigenvalue weighted by Crippen LogP contribution is -2.38. The Hall–Kier alpha value is -2.11. The number of hydrogen-bond donors (Lipinski definition) is 2. The number of nitro groups is 1. The van der Waals surface area contributed by atoms with Gasteiger partial charge in [0.2, 0.25) is 0 Å². The molecule has 1 fully saturated rings. The van der Waals surface area contributed by atoms with Crippen molar-refractivity contribution in [3.05, 3.63) is 39.9 Å². The maximum absolute atomic E-state index is 10.6. The van der Waals surface area contributed by atoms with Crippen molar-refractivity contribution in [1.82, 2.24) is 10.6 Å². The van der Waals surface area contributed by atoms with Crippen molar-refractivity contribution in [2.75, 3.05) is 20.1 Å². The predicted molar refractivity (Wildman–Crippen MR) is 88.1 cm³/mol. The van der Waals surface area contributed by atoms with Gasteiger partial charge in [-0.3, -0.25) is 15.1 Å². The minimum Gasteiger partial charge on any atom is -0.356 e. The van der Waals surface area contributed by atoms with Crippen LogP contribution in [-0.4, -0.2) is 31.0 Å². The Morgan fingerprint density at radius 2 is 2.00 bits per heavy atom. The highest BCUT2D eigenvalue weighted by molar-refractivity contribution is 5.79. The van der Waals surface area contributed by atoms with Crippen LogP contribution >= 0.6 is 0 Å². The van der Waals surface area contributed by atoms with Crippen LogP contribution in [0.4, 0.5) is 5.69 Å². The monoisotopic (exact) mass is 304 g/mol. The van der Waals surface area contributed by atoms with Gasteiger partial charge in [0.25, 0.3) is 5.69 Å². The molecule has 120 valence electrons. The van der Waals surface area contributed by atoms with Gasteiger partial charge >= 0.3 is 0 Å². The summed E-state index contributed by atoms with van der Waals surface area (Å²) in [5, 5.41) is 17.2. The number of aliphatic imine (C=N–C) groups is 1. The maximum Gasteiger partial charge on any atom is 0.269 e. The van der Waals surface area contributed by atoms with Crippen molar-refractivity contribution in [2.45, 2.75) is 32.1 Å². The average Bonchev–Trinajstić information content (AvgIpc) is 3.34. The molecule has 1 aliphatic rings. The summed E-state index contributed by atoms with van der Waals surface area (Å²) >= 11 is 0. The summed E-state index contributed by atoms with van der Waals surface area (Å²) in [6.07, 6.45) is 5.69. The zero-order chi connectivity index (χ0) is 15.8. The third-order valence-corrected chi connectivity index (χ3v) is 3.81. The number of rotatable bonds is 8. The van der Waals surface area contributed by atoms with Crippen molar-refractivity contribution in [1.29, 1.82) is 0 Å². The van der Waals surface area contributed by atoms with E-state index in [2.05, 4.69) is 15.6 Å². The van der Waals surface area contributed by atoms with Crippen molar-refractivity contribution in [3.8, 4) is 0 Å². The summed E-state index contributed by atoms with van der Waals surface area (Å²) in [5.74, 6) is 1.71. The molecule has 0 aliphatic heterocycles. The molecule has 0 atom stereocenters. The number of benzene rings is 1. The van der Waals surface area contributed by atoms with Gasteiger partial charge in [-0.25, -0.2) is 0 Å². The van der Waals surface area contributed by atoms with Crippen molar-refractivity contribution < 1.29 is 4.92 Å². The molecule has 6 heteroatoms. The zero-order valence-corrected chi connectivity index (χ0v) is 13.0. The first-order valence-corrected chi connectivity index (χ1v) is 7.87. The van der Waals surface area contributed by atoms with E-state index in [1.807, 2.05) is 12.1 Å². The Balaban J connectivity index is 1.58. The van der Waals surface area contributed by atoms with E-state index in [1.165, 1.54) is 12.8 Å². The van der Waals surface area contributed by atoms with Crippen LogP contribution in [0.1, 0.15) is 31.2 Å². The molecule has 22 heavy (non-hydrogen) atoms. The van der Waals surface area contributed by atoms with Gasteiger partial charge in [0.05, 0.1) is 4.92 Å². The highest BCUT2D eigenvalue weighted by Crippen LogP contribution is 2.27. The fraction of sp³-hybridized carbons (Fsp3) is 0.562. The Labute approximate surface area is 131 Å². The van der Waals surface area contributed by atoms with E-state index in [4.69, 9.17) is 0 Å². The molecule has 2 N–H and O–H groups in total. The van der Waals surface area contributed by atoms with Crippen LogP contribution < -0.4 is 10.6 Å². The Kier molecular flexibility index (Phi) is 6.18. The third kappa shape index (κ3) is 5.71.